The summed E-state index contributed by atoms with van der Waals surface area (Å²) in [4.78, 5) is 13.4. The van der Waals surface area contributed by atoms with Gasteiger partial charge in [0.1, 0.15) is 0 Å². The number of unbranched alkanes of at least 4 members (excludes halogenated alkanes) is 18. The first-order valence-electron chi connectivity index (χ1n) is 13.7. The van der Waals surface area contributed by atoms with Crippen molar-refractivity contribution in [3.8, 4) is 0 Å². The Kier molecular flexibility index (Phi) is 29.1. The topological polar surface area (TPSA) is 77.5 Å². The van der Waals surface area contributed by atoms with E-state index in [1.807, 2.05) is 6.08 Å². The van der Waals surface area contributed by atoms with Crippen molar-refractivity contribution < 1.29 is 69.1 Å². The number of hydrogen-bond donors (Lipinski definition) is 0. The Morgan fingerprint density at radius 3 is 1.47 bits per heavy atom. The molecule has 0 aromatic heterocycles. The van der Waals surface area contributed by atoms with Crippen LogP contribution in [0.1, 0.15) is 135 Å². The normalized spacial score (nSPS) is 11.6. The van der Waals surface area contributed by atoms with Crippen LogP contribution in [0.4, 0.5) is 0 Å². The second-order valence-electron chi connectivity index (χ2n) is 9.58. The van der Waals surface area contributed by atoms with Crippen LogP contribution in [-0.2, 0) is 14.9 Å². The van der Waals surface area contributed by atoms with Crippen molar-refractivity contribution >= 4 is 16.0 Å². The van der Waals surface area contributed by atoms with E-state index in [0.29, 0.717) is 0 Å². The molecular formula is C27H52KNO4S. The Labute approximate surface area is 254 Å². The molecular weight excluding hydrogens is 473 g/mol. The minimum atomic E-state index is -4.20. The Bertz CT molecular complexity index is 581. The van der Waals surface area contributed by atoms with Crippen LogP contribution in [-0.4, -0.2) is 43.1 Å². The number of carbonyl (C=O) groups excluding carboxylic acids is 1. The molecule has 0 bridgehead atoms. The van der Waals surface area contributed by atoms with Gasteiger partial charge in [0.25, 0.3) is 0 Å². The smallest absolute Gasteiger partial charge is 0.748 e. The number of carbonyl (C=O) groups is 1. The molecule has 196 valence electrons. The van der Waals surface area contributed by atoms with Gasteiger partial charge in [0.15, 0.2) is 0 Å². The Hall–Kier alpha value is 0.756. The van der Waals surface area contributed by atoms with Crippen LogP contribution < -0.4 is 51.4 Å². The van der Waals surface area contributed by atoms with E-state index in [0.717, 1.165) is 12.8 Å². The zero-order chi connectivity index (χ0) is 24.6. The number of likely N-dealkylation sites (N-methyl/N-ethyl adjacent to an activating group) is 1. The maximum atomic E-state index is 11.9. The SMILES string of the molecule is CCCCCCCCCCCCCCCCCCCC/C=C/C(=O)N(C)CCCS(=O)(=O)[O-].[K+]. The van der Waals surface area contributed by atoms with Gasteiger partial charge in [0, 0.05) is 19.3 Å². The Morgan fingerprint density at radius 2 is 1.09 bits per heavy atom. The fourth-order valence-corrected chi connectivity index (χ4v) is 4.55. The summed E-state index contributed by atoms with van der Waals surface area (Å²) in [5.41, 5.74) is 0. The van der Waals surface area contributed by atoms with Gasteiger partial charge in [-0.2, -0.15) is 0 Å². The van der Waals surface area contributed by atoms with Crippen molar-refractivity contribution in [3.05, 3.63) is 12.2 Å². The van der Waals surface area contributed by atoms with Crippen molar-refractivity contribution in [2.24, 2.45) is 0 Å². The quantitative estimate of drug-likeness (QED) is 0.0811. The number of hydrogen-bond acceptors (Lipinski definition) is 4. The van der Waals surface area contributed by atoms with Gasteiger partial charge >= 0.3 is 51.4 Å². The fraction of sp³-hybridized carbons (Fsp3) is 0.889. The zero-order valence-corrected chi connectivity index (χ0v) is 26.6. The predicted molar refractivity (Wildman–Crippen MR) is 139 cm³/mol. The summed E-state index contributed by atoms with van der Waals surface area (Å²) in [6.07, 6.45) is 29.1. The summed E-state index contributed by atoms with van der Waals surface area (Å²) < 4.78 is 31.7. The molecule has 0 N–H and O–H groups in total. The van der Waals surface area contributed by atoms with Crippen LogP contribution in [0, 0.1) is 0 Å². The minimum Gasteiger partial charge on any atom is -0.748 e. The molecule has 0 aliphatic rings. The largest absolute Gasteiger partial charge is 1.00 e. The van der Waals surface area contributed by atoms with Crippen molar-refractivity contribution in [2.45, 2.75) is 135 Å². The first-order valence-corrected chi connectivity index (χ1v) is 15.3. The van der Waals surface area contributed by atoms with Crippen molar-refractivity contribution in [1.29, 1.82) is 0 Å². The number of amides is 1. The first kappa shape index (κ1) is 36.9. The van der Waals surface area contributed by atoms with E-state index in [-0.39, 0.29) is 70.3 Å². The van der Waals surface area contributed by atoms with Crippen LogP contribution in [0.15, 0.2) is 12.2 Å². The summed E-state index contributed by atoms with van der Waals surface area (Å²) >= 11 is 0. The maximum Gasteiger partial charge on any atom is 1.00 e. The average molecular weight is 526 g/mol. The van der Waals surface area contributed by atoms with E-state index in [2.05, 4.69) is 6.92 Å². The van der Waals surface area contributed by atoms with Gasteiger partial charge in [-0.25, -0.2) is 8.42 Å². The molecule has 0 heterocycles. The second-order valence-corrected chi connectivity index (χ2v) is 11.1. The van der Waals surface area contributed by atoms with E-state index < -0.39 is 15.9 Å². The average Bonchev–Trinajstić information content (AvgIpc) is 2.76. The Morgan fingerprint density at radius 1 is 0.706 bits per heavy atom. The molecule has 0 rings (SSSR count). The fourth-order valence-electron chi connectivity index (χ4n) is 4.06. The number of allylic oxidation sites excluding steroid dienone is 1. The van der Waals surface area contributed by atoms with Gasteiger partial charge in [-0.1, -0.05) is 122 Å². The third kappa shape index (κ3) is 29.0. The summed E-state index contributed by atoms with van der Waals surface area (Å²) in [5, 5.41) is 0. The second kappa shape index (κ2) is 26.8. The number of nitrogens with zero attached hydrogens (tertiary/aromatic N) is 1. The predicted octanol–water partition coefficient (Wildman–Crippen LogP) is 4.37. The molecule has 0 radical (unpaired) electrons. The zero-order valence-electron chi connectivity index (χ0n) is 22.7. The monoisotopic (exact) mass is 525 g/mol. The van der Waals surface area contributed by atoms with Crippen LogP contribution in [0.3, 0.4) is 0 Å². The summed E-state index contributed by atoms with van der Waals surface area (Å²) in [5.74, 6) is -0.561. The standard InChI is InChI=1S/C27H53NO4S.K/c1-3-4-5-6-7-8-9-10-11-12-13-14-15-16-17-18-19-20-21-22-24-27(29)28(2)25-23-26-33(30,31)32;/h22,24H,3-21,23,25-26H2,1-2H3,(H,30,31,32);/q;+1/p-1/b24-22+;. The van der Waals surface area contributed by atoms with E-state index in [9.17, 15) is 17.8 Å². The molecule has 0 saturated carbocycles. The van der Waals surface area contributed by atoms with E-state index >= 15 is 0 Å². The summed E-state index contributed by atoms with van der Waals surface area (Å²) in [7, 11) is -2.57. The molecule has 0 saturated heterocycles. The van der Waals surface area contributed by atoms with Gasteiger partial charge in [0.05, 0.1) is 10.1 Å². The van der Waals surface area contributed by atoms with Crippen molar-refractivity contribution in [3.63, 3.8) is 0 Å². The summed E-state index contributed by atoms with van der Waals surface area (Å²) in [6.45, 7) is 2.56. The molecule has 0 unspecified atom stereocenters. The minimum absolute atomic E-state index is 0. The van der Waals surface area contributed by atoms with Gasteiger partial charge in [-0.3, -0.25) is 4.79 Å². The third-order valence-corrected chi connectivity index (χ3v) is 7.04. The van der Waals surface area contributed by atoms with Crippen molar-refractivity contribution in [1.82, 2.24) is 4.90 Å². The van der Waals surface area contributed by atoms with E-state index in [1.165, 1.54) is 114 Å². The molecule has 0 aliphatic carbocycles. The molecule has 5 nitrogen and oxygen atoms in total. The van der Waals surface area contributed by atoms with Gasteiger partial charge in [-0.05, 0) is 25.3 Å². The summed E-state index contributed by atoms with van der Waals surface area (Å²) in [6, 6.07) is 0. The van der Waals surface area contributed by atoms with E-state index in [1.54, 1.807) is 13.1 Å². The van der Waals surface area contributed by atoms with Crippen LogP contribution >= 0.6 is 0 Å². The Balaban J connectivity index is 0. The third-order valence-electron chi connectivity index (χ3n) is 6.25. The van der Waals surface area contributed by atoms with Gasteiger partial charge < -0.3 is 9.45 Å². The number of rotatable bonds is 24. The molecule has 0 spiro atoms. The molecule has 0 aromatic rings. The van der Waals surface area contributed by atoms with Crippen LogP contribution in [0.25, 0.3) is 0 Å². The molecule has 7 heteroatoms. The first-order chi connectivity index (χ1) is 15.9. The molecule has 0 fully saturated rings. The van der Waals surface area contributed by atoms with E-state index in [4.69, 9.17) is 0 Å². The van der Waals surface area contributed by atoms with Crippen LogP contribution in [0.5, 0.6) is 0 Å². The van der Waals surface area contributed by atoms with Gasteiger partial charge in [-0.15, -0.1) is 0 Å². The van der Waals surface area contributed by atoms with Gasteiger partial charge in [0.2, 0.25) is 5.91 Å². The molecule has 0 aliphatic heterocycles. The molecule has 0 aromatic carbocycles. The molecule has 0 atom stereocenters. The molecule has 34 heavy (non-hydrogen) atoms. The van der Waals surface area contributed by atoms with Crippen LogP contribution in [0.2, 0.25) is 0 Å². The van der Waals surface area contributed by atoms with Crippen molar-refractivity contribution in [2.75, 3.05) is 19.3 Å². The molecule has 1 amide bonds. The maximum absolute atomic E-state index is 11.9.